The Kier molecular flexibility index (Phi) is 5.48. The summed E-state index contributed by atoms with van der Waals surface area (Å²) in [5, 5.41) is 2.40. The number of hydrogen-bond acceptors (Lipinski definition) is 3. The number of benzene rings is 2. The Morgan fingerprint density at radius 3 is 2.24 bits per heavy atom. The molecule has 0 saturated carbocycles. The number of hydrazine groups is 1. The van der Waals surface area contributed by atoms with E-state index < -0.39 is 23.7 Å². The number of urea groups is 1. The fraction of sp³-hybridized carbons (Fsp3) is 0.125. The van der Waals surface area contributed by atoms with Crippen molar-refractivity contribution < 1.29 is 22.8 Å². The van der Waals surface area contributed by atoms with Crippen molar-refractivity contribution in [2.45, 2.75) is 12.7 Å². The Labute approximate surface area is 141 Å². The molecule has 0 saturated heterocycles. The molecule has 25 heavy (non-hydrogen) atoms. The highest BCUT2D eigenvalue weighted by Crippen LogP contribution is 2.34. The molecule has 0 unspecified atom stereocenters. The smallest absolute Gasteiger partial charge is 0.352 e. The Morgan fingerprint density at radius 2 is 1.64 bits per heavy atom. The SMILES string of the molecule is NC(=O)NCc1ccc(C(=O)NNc2ccccc2C(F)(F)F)cc1. The molecule has 0 aromatic heterocycles. The lowest BCUT2D eigenvalue weighted by molar-refractivity contribution is -0.137. The third kappa shape index (κ3) is 5.13. The van der Waals surface area contributed by atoms with E-state index in [9.17, 15) is 22.8 Å². The zero-order valence-corrected chi connectivity index (χ0v) is 12.9. The van der Waals surface area contributed by atoms with Crippen molar-refractivity contribution >= 4 is 17.6 Å². The maximum absolute atomic E-state index is 12.9. The van der Waals surface area contributed by atoms with E-state index in [4.69, 9.17) is 5.73 Å². The van der Waals surface area contributed by atoms with Gasteiger partial charge in [0, 0.05) is 12.1 Å². The number of hydrogen-bond donors (Lipinski definition) is 4. The van der Waals surface area contributed by atoms with Crippen molar-refractivity contribution in [1.29, 1.82) is 0 Å². The topological polar surface area (TPSA) is 96.2 Å². The molecule has 0 heterocycles. The van der Waals surface area contributed by atoms with Crippen LogP contribution < -0.4 is 21.9 Å². The fourth-order valence-electron chi connectivity index (χ4n) is 2.00. The minimum atomic E-state index is -4.54. The number of halogens is 3. The lowest BCUT2D eigenvalue weighted by Crippen LogP contribution is -2.30. The molecule has 2 aromatic rings. The Bertz CT molecular complexity index is 761. The van der Waals surface area contributed by atoms with Crippen molar-refractivity contribution in [1.82, 2.24) is 10.7 Å². The molecule has 3 amide bonds. The number of para-hydroxylation sites is 1. The molecule has 6 nitrogen and oxygen atoms in total. The maximum atomic E-state index is 12.9. The zero-order chi connectivity index (χ0) is 18.4. The van der Waals surface area contributed by atoms with Crippen LogP contribution in [0.5, 0.6) is 0 Å². The van der Waals surface area contributed by atoms with Crippen molar-refractivity contribution in [3.8, 4) is 0 Å². The Morgan fingerprint density at radius 1 is 1.00 bits per heavy atom. The van der Waals surface area contributed by atoms with Crippen molar-refractivity contribution in [2.24, 2.45) is 5.73 Å². The number of rotatable bonds is 5. The summed E-state index contributed by atoms with van der Waals surface area (Å²) >= 11 is 0. The van der Waals surface area contributed by atoms with Crippen LogP contribution in [0.1, 0.15) is 21.5 Å². The molecule has 5 N–H and O–H groups in total. The number of anilines is 1. The third-order valence-corrected chi connectivity index (χ3v) is 3.23. The summed E-state index contributed by atoms with van der Waals surface area (Å²) in [5.74, 6) is -0.605. The van der Waals surface area contributed by atoms with Crippen LogP contribution in [-0.2, 0) is 12.7 Å². The molecule has 2 aromatic carbocycles. The van der Waals surface area contributed by atoms with Gasteiger partial charge in [-0.25, -0.2) is 4.79 Å². The molecule has 0 aliphatic rings. The predicted molar refractivity (Wildman–Crippen MR) is 85.4 cm³/mol. The first-order chi connectivity index (χ1) is 11.8. The van der Waals surface area contributed by atoms with Crippen LogP contribution in [0.25, 0.3) is 0 Å². The quantitative estimate of drug-likeness (QED) is 0.623. The number of nitrogens with one attached hydrogen (secondary N) is 3. The van der Waals surface area contributed by atoms with Crippen LogP contribution in [-0.4, -0.2) is 11.9 Å². The lowest BCUT2D eigenvalue weighted by atomic mass is 10.1. The standard InChI is InChI=1S/C16H15F3N4O2/c17-16(18,19)12-3-1-2-4-13(12)22-23-14(24)11-7-5-10(6-8-11)9-21-15(20)25/h1-8,22H,9H2,(H,23,24)(H3,20,21,25). The van der Waals surface area contributed by atoms with Crippen molar-refractivity contribution in [3.05, 3.63) is 65.2 Å². The van der Waals surface area contributed by atoms with Gasteiger partial charge >= 0.3 is 12.2 Å². The summed E-state index contributed by atoms with van der Waals surface area (Å²) < 4.78 is 38.6. The average Bonchev–Trinajstić information content (AvgIpc) is 2.57. The average molecular weight is 352 g/mol. The molecule has 2 rings (SSSR count). The molecule has 0 radical (unpaired) electrons. The molecule has 9 heteroatoms. The number of alkyl halides is 3. The second-order valence-corrected chi connectivity index (χ2v) is 5.04. The van der Waals surface area contributed by atoms with E-state index in [2.05, 4.69) is 16.2 Å². The van der Waals surface area contributed by atoms with Crippen molar-refractivity contribution in [3.63, 3.8) is 0 Å². The van der Waals surface area contributed by atoms with E-state index >= 15 is 0 Å². The van der Waals surface area contributed by atoms with E-state index in [-0.39, 0.29) is 17.8 Å². The Hall–Kier alpha value is -3.23. The van der Waals surface area contributed by atoms with Gasteiger partial charge in [-0.1, -0.05) is 24.3 Å². The first-order valence-corrected chi connectivity index (χ1v) is 7.12. The van der Waals surface area contributed by atoms with Gasteiger partial charge in [-0.3, -0.25) is 15.6 Å². The van der Waals surface area contributed by atoms with E-state index in [0.29, 0.717) is 5.56 Å². The molecule has 0 atom stereocenters. The highest BCUT2D eigenvalue weighted by atomic mass is 19.4. The minimum absolute atomic E-state index is 0.203. The lowest BCUT2D eigenvalue weighted by Gasteiger charge is -2.15. The second kappa shape index (κ2) is 7.56. The number of nitrogens with two attached hydrogens (primary N) is 1. The highest BCUT2D eigenvalue weighted by Gasteiger charge is 2.33. The first kappa shape index (κ1) is 18.1. The second-order valence-electron chi connectivity index (χ2n) is 5.04. The van der Waals surface area contributed by atoms with E-state index in [1.807, 2.05) is 0 Å². The van der Waals surface area contributed by atoms with Gasteiger partial charge in [-0.15, -0.1) is 0 Å². The zero-order valence-electron chi connectivity index (χ0n) is 12.9. The van der Waals surface area contributed by atoms with Gasteiger partial charge in [-0.05, 0) is 29.8 Å². The van der Waals surface area contributed by atoms with E-state index in [0.717, 1.165) is 6.07 Å². The monoisotopic (exact) mass is 352 g/mol. The highest BCUT2D eigenvalue weighted by molar-refractivity contribution is 5.95. The molecule has 132 valence electrons. The normalized spacial score (nSPS) is 10.8. The Balaban J connectivity index is 2.00. The molecule has 0 aliphatic carbocycles. The van der Waals surface area contributed by atoms with Gasteiger partial charge in [0.1, 0.15) is 0 Å². The predicted octanol–water partition coefficient (Wildman–Crippen LogP) is 2.63. The molecule has 0 spiro atoms. The van der Waals surface area contributed by atoms with Crippen LogP contribution in [0.15, 0.2) is 48.5 Å². The van der Waals surface area contributed by atoms with Gasteiger partial charge in [0.15, 0.2) is 0 Å². The van der Waals surface area contributed by atoms with E-state index in [1.165, 1.54) is 30.3 Å². The van der Waals surface area contributed by atoms with Crippen LogP contribution in [0.4, 0.5) is 23.7 Å². The summed E-state index contributed by atoms with van der Waals surface area (Å²) in [4.78, 5) is 22.6. The summed E-state index contributed by atoms with van der Waals surface area (Å²) in [6.07, 6.45) is -4.54. The van der Waals surface area contributed by atoms with Gasteiger partial charge in [0.25, 0.3) is 5.91 Å². The van der Waals surface area contributed by atoms with Crippen molar-refractivity contribution in [2.75, 3.05) is 5.43 Å². The minimum Gasteiger partial charge on any atom is -0.352 e. The van der Waals surface area contributed by atoms with Gasteiger partial charge in [0.05, 0.1) is 11.3 Å². The van der Waals surface area contributed by atoms with Crippen LogP contribution in [0, 0.1) is 0 Å². The van der Waals surface area contributed by atoms with E-state index in [1.54, 1.807) is 12.1 Å². The van der Waals surface area contributed by atoms with Gasteiger partial charge in [0.2, 0.25) is 0 Å². The van der Waals surface area contributed by atoms with Gasteiger partial charge < -0.3 is 11.1 Å². The largest absolute Gasteiger partial charge is 0.418 e. The van der Waals surface area contributed by atoms with Gasteiger partial charge in [-0.2, -0.15) is 13.2 Å². The maximum Gasteiger partial charge on any atom is 0.418 e. The number of amides is 3. The summed E-state index contributed by atoms with van der Waals surface area (Å²) in [6, 6.07) is 10.3. The summed E-state index contributed by atoms with van der Waals surface area (Å²) in [7, 11) is 0. The van der Waals surface area contributed by atoms with Crippen LogP contribution >= 0.6 is 0 Å². The number of primary amides is 1. The number of carbonyl (C=O) groups excluding carboxylic acids is 2. The first-order valence-electron chi connectivity index (χ1n) is 7.12. The molecule has 0 bridgehead atoms. The van der Waals surface area contributed by atoms with Crippen LogP contribution in [0.2, 0.25) is 0 Å². The molecule has 0 fully saturated rings. The molecular formula is C16H15F3N4O2. The summed E-state index contributed by atoms with van der Waals surface area (Å²) in [5.41, 5.74) is 9.26. The van der Waals surface area contributed by atoms with Crippen LogP contribution in [0.3, 0.4) is 0 Å². The third-order valence-electron chi connectivity index (χ3n) is 3.23. The molecule has 0 aliphatic heterocycles. The fourth-order valence-corrected chi connectivity index (χ4v) is 2.00. The molecular weight excluding hydrogens is 337 g/mol. The summed E-state index contributed by atoms with van der Waals surface area (Å²) in [6.45, 7) is 0.203. The number of carbonyl (C=O) groups is 2.